The molecular weight excluding hydrogens is 256 g/mol. The van der Waals surface area contributed by atoms with E-state index in [1.165, 1.54) is 0 Å². The molecule has 1 aliphatic rings. The second-order valence-corrected chi connectivity index (χ2v) is 7.07. The first kappa shape index (κ1) is 14.4. The van der Waals surface area contributed by atoms with Gasteiger partial charge in [0, 0.05) is 35.1 Å². The number of thioether (sulfide) groups is 1. The van der Waals surface area contributed by atoms with Gasteiger partial charge in [0.2, 0.25) is 0 Å². The Balaban J connectivity index is 2.43. The van der Waals surface area contributed by atoms with Crippen LogP contribution < -0.4 is 10.6 Å². The van der Waals surface area contributed by atoms with Crippen molar-refractivity contribution in [1.82, 2.24) is 9.97 Å². The smallest absolute Gasteiger partial charge is 0.137 e. The van der Waals surface area contributed by atoms with Crippen LogP contribution >= 0.6 is 11.8 Å². The molecule has 0 aromatic carbocycles. The number of nitrogen functional groups attached to an aromatic ring is 1. The molecule has 1 aromatic rings. The zero-order chi connectivity index (χ0) is 14.2. The minimum Gasteiger partial charge on any atom is -0.383 e. The lowest BCUT2D eigenvalue weighted by atomic mass is 10.1. The van der Waals surface area contributed by atoms with E-state index >= 15 is 0 Å². The van der Waals surface area contributed by atoms with Crippen LogP contribution in [0.25, 0.3) is 0 Å². The van der Waals surface area contributed by atoms with Crippen molar-refractivity contribution in [2.24, 2.45) is 0 Å². The molecule has 0 bridgehead atoms. The van der Waals surface area contributed by atoms with Gasteiger partial charge >= 0.3 is 0 Å². The Labute approximate surface area is 120 Å². The number of nitrogens with zero attached hydrogens (tertiary/aromatic N) is 3. The third-order valence-corrected chi connectivity index (χ3v) is 5.19. The van der Waals surface area contributed by atoms with Crippen LogP contribution in [0.2, 0.25) is 0 Å². The van der Waals surface area contributed by atoms with Crippen LogP contribution in [0.1, 0.15) is 45.0 Å². The van der Waals surface area contributed by atoms with Crippen molar-refractivity contribution >= 4 is 23.4 Å². The van der Waals surface area contributed by atoms with E-state index in [0.717, 1.165) is 29.5 Å². The molecular formula is C14H24N4S. The second-order valence-electron chi connectivity index (χ2n) is 5.58. The third kappa shape index (κ3) is 2.81. The highest BCUT2D eigenvalue weighted by atomic mass is 32.2. The largest absolute Gasteiger partial charge is 0.383 e. The molecule has 0 saturated carbocycles. The highest BCUT2D eigenvalue weighted by Gasteiger charge is 2.28. The second kappa shape index (κ2) is 5.57. The standard InChI is InChI=1S/C14H24N4S/c1-8(2)13-16-12(15)9(3)14(17-13)18-6-7-19-11(5)10(18)4/h8,10-11H,6-7H2,1-5H3,(H2,15,16,17). The topological polar surface area (TPSA) is 55.0 Å². The number of hydrogen-bond acceptors (Lipinski definition) is 5. The maximum atomic E-state index is 6.06. The summed E-state index contributed by atoms with van der Waals surface area (Å²) in [6.45, 7) is 11.8. The molecule has 0 spiro atoms. The lowest BCUT2D eigenvalue weighted by Crippen LogP contribution is -2.45. The van der Waals surface area contributed by atoms with E-state index in [4.69, 9.17) is 10.7 Å². The lowest BCUT2D eigenvalue weighted by Gasteiger charge is -2.39. The van der Waals surface area contributed by atoms with E-state index in [1.807, 2.05) is 18.7 Å². The Hall–Kier alpha value is -0.970. The fourth-order valence-electron chi connectivity index (χ4n) is 2.31. The molecule has 0 radical (unpaired) electrons. The zero-order valence-electron chi connectivity index (χ0n) is 12.5. The molecule has 2 atom stereocenters. The maximum Gasteiger partial charge on any atom is 0.137 e. The average Bonchev–Trinajstić information content (AvgIpc) is 2.36. The van der Waals surface area contributed by atoms with Gasteiger partial charge in [-0.1, -0.05) is 20.8 Å². The van der Waals surface area contributed by atoms with Crippen molar-refractivity contribution in [3.63, 3.8) is 0 Å². The van der Waals surface area contributed by atoms with Crippen molar-refractivity contribution < 1.29 is 0 Å². The molecule has 1 saturated heterocycles. The quantitative estimate of drug-likeness (QED) is 0.903. The van der Waals surface area contributed by atoms with Gasteiger partial charge in [0.05, 0.1) is 0 Å². The van der Waals surface area contributed by atoms with E-state index in [0.29, 0.717) is 23.0 Å². The molecule has 1 aromatic heterocycles. The monoisotopic (exact) mass is 280 g/mol. The van der Waals surface area contributed by atoms with Crippen molar-refractivity contribution in [2.75, 3.05) is 22.9 Å². The summed E-state index contributed by atoms with van der Waals surface area (Å²) < 4.78 is 0. The molecule has 1 aliphatic heterocycles. The number of rotatable bonds is 2. The highest BCUT2D eigenvalue weighted by Crippen LogP contribution is 2.31. The number of nitrogens with two attached hydrogens (primary N) is 1. The normalized spacial score (nSPS) is 24.0. The van der Waals surface area contributed by atoms with Crippen molar-refractivity contribution in [3.8, 4) is 0 Å². The van der Waals surface area contributed by atoms with Gasteiger partial charge in [-0.2, -0.15) is 11.8 Å². The highest BCUT2D eigenvalue weighted by molar-refractivity contribution is 8.00. The van der Waals surface area contributed by atoms with Gasteiger partial charge in [-0.05, 0) is 13.8 Å². The summed E-state index contributed by atoms with van der Waals surface area (Å²) in [6.07, 6.45) is 0. The summed E-state index contributed by atoms with van der Waals surface area (Å²) in [5.74, 6) is 3.93. The van der Waals surface area contributed by atoms with Crippen molar-refractivity contribution in [2.45, 2.75) is 51.8 Å². The Morgan fingerprint density at radius 1 is 1.32 bits per heavy atom. The molecule has 2 N–H and O–H groups in total. The summed E-state index contributed by atoms with van der Waals surface area (Å²) in [7, 11) is 0. The first-order valence-corrected chi connectivity index (χ1v) is 7.99. The minimum absolute atomic E-state index is 0.300. The first-order chi connectivity index (χ1) is 8.91. The molecule has 19 heavy (non-hydrogen) atoms. The Kier molecular flexibility index (Phi) is 4.23. The summed E-state index contributed by atoms with van der Waals surface area (Å²) in [6, 6.07) is 0.478. The van der Waals surface area contributed by atoms with Crippen LogP contribution in [0.15, 0.2) is 0 Å². The molecule has 4 nitrogen and oxygen atoms in total. The van der Waals surface area contributed by atoms with Crippen LogP contribution in [0.3, 0.4) is 0 Å². The van der Waals surface area contributed by atoms with Crippen LogP contribution in [-0.4, -0.2) is 33.6 Å². The summed E-state index contributed by atoms with van der Waals surface area (Å²) in [4.78, 5) is 11.6. The zero-order valence-corrected chi connectivity index (χ0v) is 13.3. The molecule has 0 amide bonds. The number of anilines is 2. The van der Waals surface area contributed by atoms with Gasteiger partial charge in [-0.15, -0.1) is 0 Å². The fourth-order valence-corrected chi connectivity index (χ4v) is 3.41. The van der Waals surface area contributed by atoms with E-state index in [-0.39, 0.29) is 0 Å². The van der Waals surface area contributed by atoms with Gasteiger partial charge in [0.15, 0.2) is 0 Å². The van der Waals surface area contributed by atoms with Crippen LogP contribution in [-0.2, 0) is 0 Å². The molecule has 106 valence electrons. The molecule has 1 fully saturated rings. The summed E-state index contributed by atoms with van der Waals surface area (Å²) in [5.41, 5.74) is 7.07. The Morgan fingerprint density at radius 3 is 2.63 bits per heavy atom. The summed E-state index contributed by atoms with van der Waals surface area (Å²) in [5, 5.41) is 0.617. The Bertz CT molecular complexity index is 461. The predicted octanol–water partition coefficient (Wildman–Crippen LogP) is 2.82. The van der Waals surface area contributed by atoms with Crippen molar-refractivity contribution in [3.05, 3.63) is 11.4 Å². The van der Waals surface area contributed by atoms with E-state index in [9.17, 15) is 0 Å². The molecule has 2 unspecified atom stereocenters. The van der Waals surface area contributed by atoms with Crippen LogP contribution in [0, 0.1) is 6.92 Å². The average molecular weight is 280 g/mol. The van der Waals surface area contributed by atoms with Crippen LogP contribution in [0.5, 0.6) is 0 Å². The van der Waals surface area contributed by atoms with Gasteiger partial charge in [0.1, 0.15) is 17.5 Å². The predicted molar refractivity (Wildman–Crippen MR) is 84.0 cm³/mol. The van der Waals surface area contributed by atoms with Gasteiger partial charge < -0.3 is 10.6 Å². The first-order valence-electron chi connectivity index (χ1n) is 6.94. The third-order valence-electron chi connectivity index (χ3n) is 3.85. The molecule has 2 rings (SSSR count). The molecule has 2 heterocycles. The minimum atomic E-state index is 0.300. The van der Waals surface area contributed by atoms with Crippen molar-refractivity contribution in [1.29, 1.82) is 0 Å². The fraction of sp³-hybridized carbons (Fsp3) is 0.714. The SMILES string of the molecule is Cc1c(N)nc(C(C)C)nc1N1CCSC(C)C1C. The summed E-state index contributed by atoms with van der Waals surface area (Å²) >= 11 is 2.03. The maximum absolute atomic E-state index is 6.06. The number of aromatic nitrogens is 2. The molecule has 5 heteroatoms. The van der Waals surface area contributed by atoms with E-state index in [1.54, 1.807) is 0 Å². The lowest BCUT2D eigenvalue weighted by molar-refractivity contribution is 0.613. The van der Waals surface area contributed by atoms with E-state index < -0.39 is 0 Å². The number of hydrogen-bond donors (Lipinski definition) is 1. The van der Waals surface area contributed by atoms with Crippen LogP contribution in [0.4, 0.5) is 11.6 Å². The van der Waals surface area contributed by atoms with Gasteiger partial charge in [-0.25, -0.2) is 9.97 Å². The van der Waals surface area contributed by atoms with Gasteiger partial charge in [-0.3, -0.25) is 0 Å². The van der Waals surface area contributed by atoms with E-state index in [2.05, 4.69) is 37.6 Å². The Morgan fingerprint density at radius 2 is 2.00 bits per heavy atom. The van der Waals surface area contributed by atoms with Gasteiger partial charge in [0.25, 0.3) is 0 Å². The molecule has 0 aliphatic carbocycles.